The lowest BCUT2D eigenvalue weighted by molar-refractivity contribution is -0.123. The number of urea groups is 1. The first kappa shape index (κ1) is 20.4. The van der Waals surface area contributed by atoms with Crippen molar-refractivity contribution in [2.75, 3.05) is 26.3 Å². The molecule has 1 aliphatic heterocycles. The van der Waals surface area contributed by atoms with E-state index >= 15 is 0 Å². The van der Waals surface area contributed by atoms with E-state index in [1.54, 1.807) is 17.0 Å². The van der Waals surface area contributed by atoms with E-state index < -0.39 is 18.0 Å². The summed E-state index contributed by atoms with van der Waals surface area (Å²) in [5.74, 6) is -0.397. The molecule has 0 spiro atoms. The lowest BCUT2D eigenvalue weighted by Gasteiger charge is -2.29. The molecule has 2 aromatic rings. The Morgan fingerprint density at radius 2 is 1.62 bits per heavy atom. The van der Waals surface area contributed by atoms with Crippen LogP contribution in [0.3, 0.4) is 0 Å². The minimum atomic E-state index is -0.799. The fraction of sp³-hybridized carbons (Fsp3) is 0.318. The molecule has 2 N–H and O–H groups in total. The summed E-state index contributed by atoms with van der Waals surface area (Å²) < 4.78 is 5.28. The van der Waals surface area contributed by atoms with Gasteiger partial charge in [-0.15, -0.1) is 0 Å². The van der Waals surface area contributed by atoms with Crippen LogP contribution in [0.1, 0.15) is 17.2 Å². The summed E-state index contributed by atoms with van der Waals surface area (Å²) in [6, 6.07) is 18.7. The quantitative estimate of drug-likeness (QED) is 0.786. The van der Waals surface area contributed by atoms with Crippen LogP contribution in [0.25, 0.3) is 0 Å². The smallest absolute Gasteiger partial charge is 0.318 e. The van der Waals surface area contributed by atoms with Crippen LogP contribution >= 0.6 is 0 Å². The number of nitrogens with zero attached hydrogens (tertiary/aromatic N) is 2. The Hall–Kier alpha value is -3.37. The van der Waals surface area contributed by atoms with E-state index in [1.807, 2.05) is 48.5 Å². The summed E-state index contributed by atoms with van der Waals surface area (Å²) in [4.78, 5) is 27.3. The average molecular weight is 392 g/mol. The number of carbonyl (C=O) groups excluding carboxylic acids is 2. The average Bonchev–Trinajstić information content (AvgIpc) is 2.78. The molecule has 7 nitrogen and oxygen atoms in total. The Kier molecular flexibility index (Phi) is 7.20. The fourth-order valence-corrected chi connectivity index (χ4v) is 3.14. The highest BCUT2D eigenvalue weighted by Crippen LogP contribution is 2.13. The zero-order valence-corrected chi connectivity index (χ0v) is 16.1. The molecule has 0 bridgehead atoms. The fourth-order valence-electron chi connectivity index (χ4n) is 3.14. The Labute approximate surface area is 170 Å². The van der Waals surface area contributed by atoms with Gasteiger partial charge in [-0.1, -0.05) is 60.7 Å². The van der Waals surface area contributed by atoms with Crippen molar-refractivity contribution in [1.29, 1.82) is 5.26 Å². The van der Waals surface area contributed by atoms with Crippen LogP contribution in [0.4, 0.5) is 4.79 Å². The van der Waals surface area contributed by atoms with Gasteiger partial charge in [-0.05, 0) is 11.1 Å². The minimum Gasteiger partial charge on any atom is -0.378 e. The number of amides is 3. The summed E-state index contributed by atoms with van der Waals surface area (Å²) in [6.07, 6.45) is 0.329. The molecule has 0 unspecified atom stereocenters. The van der Waals surface area contributed by atoms with Crippen molar-refractivity contribution in [3.8, 4) is 6.07 Å². The molecule has 1 saturated heterocycles. The molecule has 3 amide bonds. The second kappa shape index (κ2) is 10.2. The highest BCUT2D eigenvalue weighted by Gasteiger charge is 2.27. The van der Waals surface area contributed by atoms with Gasteiger partial charge in [0.1, 0.15) is 12.1 Å². The predicted octanol–water partition coefficient (Wildman–Crippen LogP) is 2.02. The molecule has 0 aliphatic carbocycles. The number of hydrogen-bond acceptors (Lipinski definition) is 4. The Balaban J connectivity index is 1.73. The molecule has 1 aliphatic rings. The molecule has 0 saturated carbocycles. The molecule has 1 fully saturated rings. The van der Waals surface area contributed by atoms with Gasteiger partial charge in [-0.2, -0.15) is 5.26 Å². The van der Waals surface area contributed by atoms with E-state index in [-0.39, 0.29) is 6.03 Å². The van der Waals surface area contributed by atoms with Crippen LogP contribution in [-0.2, 0) is 16.0 Å². The van der Waals surface area contributed by atoms with Crippen molar-refractivity contribution < 1.29 is 14.3 Å². The van der Waals surface area contributed by atoms with Crippen LogP contribution in [0.2, 0.25) is 0 Å². The number of nitriles is 1. The van der Waals surface area contributed by atoms with E-state index in [9.17, 15) is 14.9 Å². The third-order valence-electron chi connectivity index (χ3n) is 4.74. The number of morpholine rings is 1. The Morgan fingerprint density at radius 3 is 2.24 bits per heavy atom. The summed E-state index contributed by atoms with van der Waals surface area (Å²) in [5, 5.41) is 15.1. The van der Waals surface area contributed by atoms with Gasteiger partial charge < -0.3 is 20.3 Å². The van der Waals surface area contributed by atoms with Gasteiger partial charge in [-0.25, -0.2) is 4.79 Å². The van der Waals surface area contributed by atoms with Crippen LogP contribution in [-0.4, -0.2) is 49.2 Å². The van der Waals surface area contributed by atoms with Gasteiger partial charge in [0, 0.05) is 19.5 Å². The van der Waals surface area contributed by atoms with Crippen LogP contribution in [0.15, 0.2) is 60.7 Å². The van der Waals surface area contributed by atoms with Crippen molar-refractivity contribution >= 4 is 11.9 Å². The largest absolute Gasteiger partial charge is 0.378 e. The van der Waals surface area contributed by atoms with Crippen molar-refractivity contribution in [2.24, 2.45) is 0 Å². The second-order valence-electron chi connectivity index (χ2n) is 6.77. The molecule has 2 atom stereocenters. The lowest BCUT2D eigenvalue weighted by Crippen LogP contribution is -2.54. The maximum Gasteiger partial charge on any atom is 0.318 e. The summed E-state index contributed by atoms with van der Waals surface area (Å²) in [7, 11) is 0. The number of hydrogen-bond donors (Lipinski definition) is 2. The number of nitrogens with one attached hydrogen (secondary N) is 2. The van der Waals surface area contributed by atoms with Crippen LogP contribution in [0, 0.1) is 11.3 Å². The van der Waals surface area contributed by atoms with Crippen molar-refractivity contribution in [3.05, 3.63) is 71.8 Å². The number of benzene rings is 2. The molecule has 3 rings (SSSR count). The SMILES string of the molecule is N#C[C@@H](NC(=O)[C@H](Cc1ccccc1)NC(=O)N1CCOCC1)c1ccccc1. The molecule has 0 aromatic heterocycles. The summed E-state index contributed by atoms with van der Waals surface area (Å²) in [6.45, 7) is 1.92. The number of carbonyl (C=O) groups is 2. The Bertz CT molecular complexity index is 845. The highest BCUT2D eigenvalue weighted by molar-refractivity contribution is 5.87. The van der Waals surface area contributed by atoms with Gasteiger partial charge in [-0.3, -0.25) is 4.79 Å². The van der Waals surface area contributed by atoms with E-state index in [0.717, 1.165) is 5.56 Å². The van der Waals surface area contributed by atoms with Crippen LogP contribution in [0.5, 0.6) is 0 Å². The predicted molar refractivity (Wildman–Crippen MR) is 108 cm³/mol. The van der Waals surface area contributed by atoms with Crippen molar-refractivity contribution in [3.63, 3.8) is 0 Å². The van der Waals surface area contributed by atoms with E-state index in [2.05, 4.69) is 16.7 Å². The van der Waals surface area contributed by atoms with E-state index in [4.69, 9.17) is 4.74 Å². The van der Waals surface area contributed by atoms with Crippen molar-refractivity contribution in [2.45, 2.75) is 18.5 Å². The minimum absolute atomic E-state index is 0.308. The first-order valence-electron chi connectivity index (χ1n) is 9.59. The standard InChI is InChI=1S/C22H24N4O3/c23-16-20(18-9-5-2-6-10-18)24-21(27)19(15-17-7-3-1-4-8-17)25-22(28)26-11-13-29-14-12-26/h1-10,19-20H,11-15H2,(H,24,27)(H,25,28)/t19-,20+/m0/s1. The molecule has 0 radical (unpaired) electrons. The van der Waals surface area contributed by atoms with Gasteiger partial charge in [0.2, 0.25) is 5.91 Å². The number of ether oxygens (including phenoxy) is 1. The molecule has 7 heteroatoms. The molecule has 1 heterocycles. The van der Waals surface area contributed by atoms with Crippen molar-refractivity contribution in [1.82, 2.24) is 15.5 Å². The Morgan fingerprint density at radius 1 is 1.00 bits per heavy atom. The maximum absolute atomic E-state index is 13.0. The van der Waals surface area contributed by atoms with E-state index in [0.29, 0.717) is 38.3 Å². The zero-order chi connectivity index (χ0) is 20.5. The monoisotopic (exact) mass is 392 g/mol. The zero-order valence-electron chi connectivity index (χ0n) is 16.1. The van der Waals surface area contributed by atoms with Gasteiger partial charge >= 0.3 is 6.03 Å². The van der Waals surface area contributed by atoms with Gasteiger partial charge in [0.15, 0.2) is 0 Å². The molecular formula is C22H24N4O3. The summed E-state index contributed by atoms with van der Waals surface area (Å²) in [5.41, 5.74) is 1.62. The highest BCUT2D eigenvalue weighted by atomic mass is 16.5. The lowest BCUT2D eigenvalue weighted by atomic mass is 10.0. The summed E-state index contributed by atoms with van der Waals surface area (Å²) >= 11 is 0. The topological polar surface area (TPSA) is 94.5 Å². The molecule has 29 heavy (non-hydrogen) atoms. The van der Waals surface area contributed by atoms with E-state index in [1.165, 1.54) is 0 Å². The second-order valence-corrected chi connectivity index (χ2v) is 6.77. The van der Waals surface area contributed by atoms with Gasteiger partial charge in [0.25, 0.3) is 0 Å². The first-order valence-corrected chi connectivity index (χ1v) is 9.59. The maximum atomic E-state index is 13.0. The van der Waals surface area contributed by atoms with Crippen LogP contribution < -0.4 is 10.6 Å². The van der Waals surface area contributed by atoms with Gasteiger partial charge in [0.05, 0.1) is 19.3 Å². The molecular weight excluding hydrogens is 368 g/mol. The molecule has 2 aromatic carbocycles. The number of rotatable bonds is 6. The third-order valence-corrected chi connectivity index (χ3v) is 4.74. The molecule has 150 valence electrons. The first-order chi connectivity index (χ1) is 14.2. The third kappa shape index (κ3) is 5.80. The normalized spacial score (nSPS) is 15.6.